The molecule has 0 saturated carbocycles. The highest BCUT2D eigenvalue weighted by Gasteiger charge is 2.18. The van der Waals surface area contributed by atoms with Gasteiger partial charge in [-0.2, -0.15) is 0 Å². The number of aryl methyl sites for hydroxylation is 1. The number of hydrogen-bond donors (Lipinski definition) is 1. The number of methoxy groups -OCH3 is 1. The summed E-state index contributed by atoms with van der Waals surface area (Å²) in [7, 11) is 1.56. The van der Waals surface area contributed by atoms with E-state index >= 15 is 0 Å². The van der Waals surface area contributed by atoms with Crippen LogP contribution in [0, 0.1) is 12.7 Å². The first kappa shape index (κ1) is 15.5. The van der Waals surface area contributed by atoms with Crippen molar-refractivity contribution in [1.29, 1.82) is 0 Å². The number of ether oxygens (including phenoxy) is 1. The van der Waals surface area contributed by atoms with E-state index in [4.69, 9.17) is 4.74 Å². The van der Waals surface area contributed by atoms with Gasteiger partial charge in [0, 0.05) is 10.0 Å². The van der Waals surface area contributed by atoms with Crippen molar-refractivity contribution in [1.82, 2.24) is 0 Å². The lowest BCUT2D eigenvalue weighted by molar-refractivity contribution is 0.214. The molecule has 0 radical (unpaired) electrons. The van der Waals surface area contributed by atoms with Crippen LogP contribution >= 0.6 is 31.9 Å². The Kier molecular flexibility index (Phi) is 4.83. The molecule has 0 aliphatic rings. The Morgan fingerprint density at radius 3 is 2.45 bits per heavy atom. The summed E-state index contributed by atoms with van der Waals surface area (Å²) < 4.78 is 19.8. The zero-order chi connectivity index (χ0) is 14.9. The summed E-state index contributed by atoms with van der Waals surface area (Å²) in [4.78, 5) is 0. The van der Waals surface area contributed by atoms with Gasteiger partial charge in [-0.1, -0.05) is 22.0 Å². The molecule has 0 amide bonds. The van der Waals surface area contributed by atoms with E-state index in [9.17, 15) is 9.50 Å². The number of benzene rings is 2. The summed E-state index contributed by atoms with van der Waals surface area (Å²) in [6, 6.07) is 8.10. The molecular formula is C15H13Br2FO2. The van der Waals surface area contributed by atoms with E-state index in [1.807, 2.05) is 19.1 Å². The topological polar surface area (TPSA) is 29.5 Å². The number of rotatable bonds is 3. The molecule has 0 aliphatic heterocycles. The number of hydrogen-bond acceptors (Lipinski definition) is 2. The minimum atomic E-state index is -0.890. The Hall–Kier alpha value is -0.910. The van der Waals surface area contributed by atoms with Crippen molar-refractivity contribution in [2.45, 2.75) is 13.0 Å². The molecular weight excluding hydrogens is 391 g/mol. The van der Waals surface area contributed by atoms with Crippen molar-refractivity contribution < 1.29 is 14.2 Å². The summed E-state index contributed by atoms with van der Waals surface area (Å²) in [5.74, 6) is 0.233. The lowest BCUT2D eigenvalue weighted by atomic mass is 9.99. The molecule has 0 fully saturated rings. The van der Waals surface area contributed by atoms with Gasteiger partial charge in [-0.05, 0) is 58.2 Å². The molecule has 0 spiro atoms. The summed E-state index contributed by atoms with van der Waals surface area (Å²) in [5.41, 5.74) is 2.23. The van der Waals surface area contributed by atoms with Crippen molar-refractivity contribution in [2.75, 3.05) is 7.11 Å². The van der Waals surface area contributed by atoms with Gasteiger partial charge in [-0.3, -0.25) is 0 Å². The van der Waals surface area contributed by atoms with Crippen LogP contribution in [-0.2, 0) is 0 Å². The lowest BCUT2D eigenvalue weighted by Gasteiger charge is -2.17. The van der Waals surface area contributed by atoms with E-state index < -0.39 is 6.10 Å². The highest BCUT2D eigenvalue weighted by molar-refractivity contribution is 9.10. The van der Waals surface area contributed by atoms with Crippen LogP contribution in [-0.4, -0.2) is 12.2 Å². The summed E-state index contributed by atoms with van der Waals surface area (Å²) in [5, 5.41) is 10.5. The van der Waals surface area contributed by atoms with Crippen molar-refractivity contribution >= 4 is 31.9 Å². The number of halogens is 3. The van der Waals surface area contributed by atoms with E-state index in [0.717, 1.165) is 10.0 Å². The molecule has 20 heavy (non-hydrogen) atoms. The predicted molar refractivity (Wildman–Crippen MR) is 83.6 cm³/mol. The largest absolute Gasteiger partial charge is 0.496 e. The first-order valence-electron chi connectivity index (χ1n) is 5.91. The minimum Gasteiger partial charge on any atom is -0.496 e. The lowest BCUT2D eigenvalue weighted by Crippen LogP contribution is -2.03. The third-order valence-electron chi connectivity index (χ3n) is 3.06. The van der Waals surface area contributed by atoms with E-state index in [1.165, 1.54) is 6.07 Å². The SMILES string of the molecule is COc1cc(C)c(Br)cc1C(O)c1ccc(F)c(Br)c1. The Morgan fingerprint density at radius 1 is 1.15 bits per heavy atom. The Labute approximate surface area is 133 Å². The zero-order valence-corrected chi connectivity index (χ0v) is 14.1. The molecule has 2 aromatic carbocycles. The monoisotopic (exact) mass is 402 g/mol. The van der Waals surface area contributed by atoms with Crippen LogP contribution in [0.4, 0.5) is 4.39 Å². The molecule has 2 aromatic rings. The van der Waals surface area contributed by atoms with Crippen molar-refractivity contribution in [3.63, 3.8) is 0 Å². The Balaban J connectivity index is 2.49. The highest BCUT2D eigenvalue weighted by atomic mass is 79.9. The average molecular weight is 404 g/mol. The third-order valence-corrected chi connectivity index (χ3v) is 4.53. The van der Waals surface area contributed by atoms with Crippen LogP contribution in [0.1, 0.15) is 22.8 Å². The first-order valence-corrected chi connectivity index (χ1v) is 7.49. The Morgan fingerprint density at radius 2 is 1.85 bits per heavy atom. The second-order valence-corrected chi connectivity index (χ2v) is 6.13. The van der Waals surface area contributed by atoms with Crippen LogP contribution in [0.25, 0.3) is 0 Å². The smallest absolute Gasteiger partial charge is 0.137 e. The van der Waals surface area contributed by atoms with E-state index in [2.05, 4.69) is 31.9 Å². The van der Waals surface area contributed by atoms with Crippen LogP contribution in [0.5, 0.6) is 5.75 Å². The quantitative estimate of drug-likeness (QED) is 0.801. The van der Waals surface area contributed by atoms with Crippen LogP contribution < -0.4 is 4.74 Å². The molecule has 0 bridgehead atoms. The summed E-state index contributed by atoms with van der Waals surface area (Å²) in [6.45, 7) is 1.94. The van der Waals surface area contributed by atoms with Gasteiger partial charge in [-0.25, -0.2) is 4.39 Å². The van der Waals surface area contributed by atoms with Crippen LogP contribution in [0.3, 0.4) is 0 Å². The van der Waals surface area contributed by atoms with Gasteiger partial charge < -0.3 is 9.84 Å². The maximum Gasteiger partial charge on any atom is 0.137 e. The van der Waals surface area contributed by atoms with Gasteiger partial charge in [0.25, 0.3) is 0 Å². The van der Waals surface area contributed by atoms with Gasteiger partial charge in [0.15, 0.2) is 0 Å². The molecule has 2 rings (SSSR count). The molecule has 106 valence electrons. The van der Waals surface area contributed by atoms with E-state index in [1.54, 1.807) is 19.2 Å². The fraction of sp³-hybridized carbons (Fsp3) is 0.200. The Bertz CT molecular complexity index is 644. The number of aliphatic hydroxyl groups excluding tert-OH is 1. The maximum absolute atomic E-state index is 13.3. The molecule has 1 atom stereocenters. The number of aliphatic hydroxyl groups is 1. The molecule has 1 N–H and O–H groups in total. The van der Waals surface area contributed by atoms with Gasteiger partial charge in [0.05, 0.1) is 11.6 Å². The molecule has 0 saturated heterocycles. The molecule has 0 heterocycles. The predicted octanol–water partition coefficient (Wildman–Crippen LogP) is 4.75. The average Bonchev–Trinajstić information content (AvgIpc) is 2.43. The van der Waals surface area contributed by atoms with E-state index in [0.29, 0.717) is 21.3 Å². The zero-order valence-electron chi connectivity index (χ0n) is 11.0. The van der Waals surface area contributed by atoms with Crippen LogP contribution in [0.2, 0.25) is 0 Å². The second-order valence-electron chi connectivity index (χ2n) is 4.42. The highest BCUT2D eigenvalue weighted by Crippen LogP contribution is 2.35. The van der Waals surface area contributed by atoms with Crippen molar-refractivity contribution in [3.8, 4) is 5.75 Å². The molecule has 0 aromatic heterocycles. The van der Waals surface area contributed by atoms with Crippen molar-refractivity contribution in [2.24, 2.45) is 0 Å². The standard InChI is InChI=1S/C15H13Br2FO2/c1-8-5-14(20-2)10(7-11(8)16)15(19)9-3-4-13(18)12(17)6-9/h3-7,15,19H,1-2H3. The second kappa shape index (κ2) is 6.24. The molecule has 5 heteroatoms. The van der Waals surface area contributed by atoms with Crippen LogP contribution in [0.15, 0.2) is 39.3 Å². The molecule has 2 nitrogen and oxygen atoms in total. The maximum atomic E-state index is 13.3. The third kappa shape index (κ3) is 3.05. The normalized spacial score (nSPS) is 12.3. The molecule has 0 aliphatic carbocycles. The fourth-order valence-corrected chi connectivity index (χ4v) is 2.68. The fourth-order valence-electron chi connectivity index (χ4n) is 1.92. The van der Waals surface area contributed by atoms with Gasteiger partial charge in [0.2, 0.25) is 0 Å². The molecule has 1 unspecified atom stereocenters. The summed E-state index contributed by atoms with van der Waals surface area (Å²) >= 11 is 6.56. The summed E-state index contributed by atoms with van der Waals surface area (Å²) in [6.07, 6.45) is -0.890. The van der Waals surface area contributed by atoms with E-state index in [-0.39, 0.29) is 5.82 Å². The first-order chi connectivity index (χ1) is 9.43. The van der Waals surface area contributed by atoms with Gasteiger partial charge in [-0.15, -0.1) is 0 Å². The van der Waals surface area contributed by atoms with Crippen molar-refractivity contribution in [3.05, 3.63) is 61.8 Å². The minimum absolute atomic E-state index is 0.319. The van der Waals surface area contributed by atoms with Gasteiger partial charge >= 0.3 is 0 Å². The van der Waals surface area contributed by atoms with Gasteiger partial charge in [0.1, 0.15) is 17.7 Å².